The molecule has 7 heteroatoms. The lowest BCUT2D eigenvalue weighted by Crippen LogP contribution is -2.16. The summed E-state index contributed by atoms with van der Waals surface area (Å²) in [5.41, 5.74) is 2.99. The molecule has 2 heterocycles. The summed E-state index contributed by atoms with van der Waals surface area (Å²) in [7, 11) is 0. The minimum Gasteiger partial charge on any atom is -0.310 e. The highest BCUT2D eigenvalue weighted by atomic mass is 35.5. The number of aromatic nitrogens is 2. The predicted octanol–water partition coefficient (Wildman–Crippen LogP) is 3.84. The molecule has 0 spiro atoms. The molecule has 1 aliphatic rings. The molecule has 1 aromatic carbocycles. The third kappa shape index (κ3) is 3.05. The summed E-state index contributed by atoms with van der Waals surface area (Å²) in [6.45, 7) is 0. The first-order chi connectivity index (χ1) is 10.2. The number of carbonyl (C=O) groups excluding carboxylic acids is 1. The van der Waals surface area contributed by atoms with E-state index in [9.17, 15) is 4.79 Å². The SMILES string of the molecule is O=C(CCCl)Nc1c2c(nn1-c1ccc(Cl)cc1)CSC2. The number of thioether (sulfide) groups is 1. The second-order valence-corrected chi connectivity index (χ2v) is 6.44. The number of amides is 1. The molecule has 3 rings (SSSR count). The van der Waals surface area contributed by atoms with E-state index in [0.717, 1.165) is 34.3 Å². The molecular formula is C14H13Cl2N3OS. The summed E-state index contributed by atoms with van der Waals surface area (Å²) in [6.07, 6.45) is 0.287. The summed E-state index contributed by atoms with van der Waals surface area (Å²) in [5.74, 6) is 2.68. The quantitative estimate of drug-likeness (QED) is 0.859. The van der Waals surface area contributed by atoms with Gasteiger partial charge in [0.25, 0.3) is 0 Å². The minimum absolute atomic E-state index is 0.0974. The van der Waals surface area contributed by atoms with Crippen LogP contribution in [0.4, 0.5) is 5.82 Å². The highest BCUT2D eigenvalue weighted by Crippen LogP contribution is 2.36. The summed E-state index contributed by atoms with van der Waals surface area (Å²) >= 11 is 13.3. The van der Waals surface area contributed by atoms with Crippen molar-refractivity contribution in [2.75, 3.05) is 11.2 Å². The molecule has 2 aromatic rings. The van der Waals surface area contributed by atoms with Gasteiger partial charge in [-0.05, 0) is 24.3 Å². The van der Waals surface area contributed by atoms with Crippen LogP contribution in [0.15, 0.2) is 24.3 Å². The molecule has 1 aromatic heterocycles. The zero-order valence-electron chi connectivity index (χ0n) is 11.1. The molecule has 1 aliphatic heterocycles. The van der Waals surface area contributed by atoms with Gasteiger partial charge in [0.2, 0.25) is 5.91 Å². The van der Waals surface area contributed by atoms with Crippen molar-refractivity contribution in [3.63, 3.8) is 0 Å². The van der Waals surface area contributed by atoms with E-state index < -0.39 is 0 Å². The molecule has 0 bridgehead atoms. The molecule has 0 saturated heterocycles. The van der Waals surface area contributed by atoms with Crippen LogP contribution in [-0.4, -0.2) is 21.6 Å². The molecule has 1 N–H and O–H groups in total. The number of nitrogens with one attached hydrogen (secondary N) is 1. The zero-order valence-corrected chi connectivity index (χ0v) is 13.4. The minimum atomic E-state index is -0.0974. The van der Waals surface area contributed by atoms with E-state index in [1.165, 1.54) is 0 Å². The van der Waals surface area contributed by atoms with Gasteiger partial charge in [0, 0.05) is 34.4 Å². The van der Waals surface area contributed by atoms with Crippen LogP contribution in [0.1, 0.15) is 17.7 Å². The molecule has 1 amide bonds. The Kier molecular flexibility index (Phi) is 4.42. The van der Waals surface area contributed by atoms with Gasteiger partial charge in [-0.3, -0.25) is 4.79 Å². The van der Waals surface area contributed by atoms with Crippen LogP contribution in [0.5, 0.6) is 0 Å². The van der Waals surface area contributed by atoms with Gasteiger partial charge >= 0.3 is 0 Å². The molecular weight excluding hydrogens is 329 g/mol. The van der Waals surface area contributed by atoms with Crippen molar-refractivity contribution in [3.8, 4) is 5.69 Å². The Bertz CT molecular complexity index is 670. The maximum atomic E-state index is 11.9. The van der Waals surface area contributed by atoms with Crippen molar-refractivity contribution in [1.82, 2.24) is 9.78 Å². The zero-order chi connectivity index (χ0) is 14.8. The predicted molar refractivity (Wildman–Crippen MR) is 87.5 cm³/mol. The monoisotopic (exact) mass is 341 g/mol. The third-order valence-corrected chi connectivity index (χ3v) is 4.61. The fourth-order valence-electron chi connectivity index (χ4n) is 2.19. The largest absolute Gasteiger partial charge is 0.310 e. The first-order valence-corrected chi connectivity index (χ1v) is 8.56. The lowest BCUT2D eigenvalue weighted by Gasteiger charge is -2.10. The first-order valence-electron chi connectivity index (χ1n) is 6.49. The molecule has 0 saturated carbocycles. The molecule has 0 fully saturated rings. The first kappa shape index (κ1) is 14.8. The number of benzene rings is 1. The van der Waals surface area contributed by atoms with Crippen LogP contribution in [0.3, 0.4) is 0 Å². The number of nitrogens with zero attached hydrogens (tertiary/aromatic N) is 2. The number of halogens is 2. The van der Waals surface area contributed by atoms with E-state index in [0.29, 0.717) is 10.9 Å². The summed E-state index contributed by atoms with van der Waals surface area (Å²) in [4.78, 5) is 11.9. The molecule has 0 unspecified atom stereocenters. The number of carbonyl (C=O) groups is 1. The Balaban J connectivity index is 2.00. The smallest absolute Gasteiger partial charge is 0.226 e. The Morgan fingerprint density at radius 3 is 2.81 bits per heavy atom. The van der Waals surface area contributed by atoms with Gasteiger partial charge < -0.3 is 5.32 Å². The lowest BCUT2D eigenvalue weighted by atomic mass is 10.2. The number of fused-ring (bicyclic) bond motifs is 1. The Labute approximate surface area is 136 Å². The Morgan fingerprint density at radius 1 is 1.33 bits per heavy atom. The second-order valence-electron chi connectivity index (χ2n) is 4.64. The fraction of sp³-hybridized carbons (Fsp3) is 0.286. The number of hydrogen-bond acceptors (Lipinski definition) is 3. The van der Waals surface area contributed by atoms with Crippen LogP contribution in [-0.2, 0) is 16.3 Å². The van der Waals surface area contributed by atoms with E-state index in [4.69, 9.17) is 23.2 Å². The van der Waals surface area contributed by atoms with Crippen molar-refractivity contribution in [3.05, 3.63) is 40.5 Å². The van der Waals surface area contributed by atoms with Crippen molar-refractivity contribution in [1.29, 1.82) is 0 Å². The van der Waals surface area contributed by atoms with Crippen molar-refractivity contribution < 1.29 is 4.79 Å². The van der Waals surface area contributed by atoms with Gasteiger partial charge in [-0.15, -0.1) is 11.6 Å². The maximum absolute atomic E-state index is 11.9. The molecule has 0 atom stereocenters. The Hall–Kier alpha value is -1.17. The molecule has 4 nitrogen and oxygen atoms in total. The lowest BCUT2D eigenvalue weighted by molar-refractivity contribution is -0.115. The molecule has 21 heavy (non-hydrogen) atoms. The molecule has 110 valence electrons. The Morgan fingerprint density at radius 2 is 2.10 bits per heavy atom. The number of alkyl halides is 1. The van der Waals surface area contributed by atoms with Crippen LogP contribution in [0, 0.1) is 0 Å². The highest BCUT2D eigenvalue weighted by molar-refractivity contribution is 7.98. The van der Waals surface area contributed by atoms with Gasteiger partial charge in [0.15, 0.2) is 0 Å². The van der Waals surface area contributed by atoms with Crippen molar-refractivity contribution >= 4 is 46.7 Å². The second kappa shape index (κ2) is 6.30. The normalized spacial score (nSPS) is 13.2. The van der Waals surface area contributed by atoms with Crippen LogP contribution in [0.25, 0.3) is 5.69 Å². The number of hydrogen-bond donors (Lipinski definition) is 1. The van der Waals surface area contributed by atoms with E-state index in [1.54, 1.807) is 16.4 Å². The fourth-order valence-corrected chi connectivity index (χ4v) is 3.52. The van der Waals surface area contributed by atoms with Crippen molar-refractivity contribution in [2.45, 2.75) is 17.9 Å². The standard InChI is InChI=1S/C14H13Cl2N3OS/c15-6-5-13(20)17-14-11-7-21-8-12(11)18-19(14)10-3-1-9(16)2-4-10/h1-4H,5-8H2,(H,17,20). The van der Waals surface area contributed by atoms with E-state index in [-0.39, 0.29) is 12.3 Å². The summed E-state index contributed by atoms with van der Waals surface area (Å²) in [6, 6.07) is 7.38. The maximum Gasteiger partial charge on any atom is 0.226 e. The number of rotatable bonds is 4. The van der Waals surface area contributed by atoms with Gasteiger partial charge in [-0.2, -0.15) is 16.9 Å². The molecule has 0 radical (unpaired) electrons. The van der Waals surface area contributed by atoms with Crippen LogP contribution < -0.4 is 5.32 Å². The van der Waals surface area contributed by atoms with Gasteiger partial charge in [0.1, 0.15) is 5.82 Å². The third-order valence-electron chi connectivity index (χ3n) is 3.20. The molecule has 0 aliphatic carbocycles. The number of anilines is 1. The van der Waals surface area contributed by atoms with E-state index >= 15 is 0 Å². The van der Waals surface area contributed by atoms with Crippen LogP contribution >= 0.6 is 35.0 Å². The van der Waals surface area contributed by atoms with E-state index in [2.05, 4.69) is 10.4 Å². The topological polar surface area (TPSA) is 46.9 Å². The summed E-state index contributed by atoms with van der Waals surface area (Å²) in [5, 5.41) is 8.21. The van der Waals surface area contributed by atoms with Crippen LogP contribution in [0.2, 0.25) is 5.02 Å². The van der Waals surface area contributed by atoms with Gasteiger partial charge in [-0.1, -0.05) is 11.6 Å². The highest BCUT2D eigenvalue weighted by Gasteiger charge is 2.24. The average molecular weight is 342 g/mol. The van der Waals surface area contributed by atoms with Crippen molar-refractivity contribution in [2.24, 2.45) is 0 Å². The van der Waals surface area contributed by atoms with Gasteiger partial charge in [-0.25, -0.2) is 4.68 Å². The van der Waals surface area contributed by atoms with Gasteiger partial charge in [0.05, 0.1) is 11.4 Å². The van der Waals surface area contributed by atoms with E-state index in [1.807, 2.05) is 24.3 Å². The average Bonchev–Trinajstić information content (AvgIpc) is 3.03. The summed E-state index contributed by atoms with van der Waals surface area (Å²) < 4.78 is 1.77.